The highest BCUT2D eigenvalue weighted by atomic mass is 16.5. The summed E-state index contributed by atoms with van der Waals surface area (Å²) in [5.74, 6) is 1.72. The van der Waals surface area contributed by atoms with Gasteiger partial charge in [-0.2, -0.15) is 0 Å². The second-order valence-corrected chi connectivity index (χ2v) is 24.4. The van der Waals surface area contributed by atoms with E-state index in [0.717, 1.165) is 66.7 Å². The number of rotatable bonds is 8. The molecule has 2 aromatic heterocycles. The van der Waals surface area contributed by atoms with Crippen LogP contribution in [-0.4, -0.2) is 16.2 Å². The lowest BCUT2D eigenvalue weighted by molar-refractivity contribution is 0.483. The van der Waals surface area contributed by atoms with Gasteiger partial charge in [0.2, 0.25) is 0 Å². The molecule has 74 heavy (non-hydrogen) atoms. The topological polar surface area (TPSA) is 33.5 Å². The Morgan fingerprint density at radius 1 is 0.486 bits per heavy atom. The zero-order chi connectivity index (χ0) is 57.6. The van der Waals surface area contributed by atoms with Gasteiger partial charge in [0.1, 0.15) is 17.3 Å². The third-order valence-corrected chi connectivity index (χ3v) is 14.7. The van der Waals surface area contributed by atoms with E-state index in [1.807, 2.05) is 85.8 Å². The van der Waals surface area contributed by atoms with Crippen LogP contribution in [0.4, 0.5) is 11.4 Å². The van der Waals surface area contributed by atoms with Crippen molar-refractivity contribution < 1.29 is 13.0 Å². The van der Waals surface area contributed by atoms with Crippen molar-refractivity contribution in [2.24, 2.45) is 0 Å². The van der Waals surface area contributed by atoms with E-state index in [1.54, 1.807) is 6.20 Å². The first-order valence-electron chi connectivity index (χ1n) is 28.9. The SMILES string of the molecule is [2H]C([2H])([2H])c1cc(C(C)(C)C)ccc1-c1cc(Oc2ccc3c4ccccc4n(-c4cc(-c5c(C)cc(C(C)(C)C)cc5C([2H])([2H])[2H])ccn4)c3c2)cc(N2C=C(c3ccccc3)N(c3cc(C(C)(C)C)cc(C(C)(C)C)c3)C2)c1. The van der Waals surface area contributed by atoms with Crippen LogP contribution in [0.15, 0.2) is 164 Å². The van der Waals surface area contributed by atoms with Crippen LogP contribution >= 0.6 is 0 Å². The van der Waals surface area contributed by atoms with Gasteiger partial charge in [0.15, 0.2) is 0 Å². The molecule has 0 spiro atoms. The summed E-state index contributed by atoms with van der Waals surface area (Å²) in [7, 11) is 0. The number of pyridine rings is 1. The van der Waals surface area contributed by atoms with Crippen LogP contribution in [0.25, 0.3) is 55.6 Å². The molecule has 0 N–H and O–H groups in total. The summed E-state index contributed by atoms with van der Waals surface area (Å²) in [6, 6.07) is 51.5. The molecular formula is C69H74N4O. The van der Waals surface area contributed by atoms with Gasteiger partial charge in [0, 0.05) is 54.9 Å². The molecule has 1 aliphatic heterocycles. The number of hydrogen-bond acceptors (Lipinski definition) is 4. The van der Waals surface area contributed by atoms with Crippen molar-refractivity contribution in [1.29, 1.82) is 0 Å². The van der Waals surface area contributed by atoms with E-state index in [-0.39, 0.29) is 27.2 Å². The molecular weight excluding hydrogens is 901 g/mol. The van der Waals surface area contributed by atoms with Gasteiger partial charge in [-0.15, -0.1) is 0 Å². The Labute approximate surface area is 449 Å². The molecule has 5 heteroatoms. The number of nitrogens with zero attached hydrogens (tertiary/aromatic N) is 4. The van der Waals surface area contributed by atoms with Crippen molar-refractivity contribution in [2.45, 2.75) is 125 Å². The Morgan fingerprint density at radius 2 is 1.12 bits per heavy atom. The fourth-order valence-corrected chi connectivity index (χ4v) is 10.3. The fraction of sp³-hybridized carbons (Fsp3) is 0.290. The minimum atomic E-state index is -2.41. The summed E-state index contributed by atoms with van der Waals surface area (Å²) in [6.07, 6.45) is 3.95. The van der Waals surface area contributed by atoms with Gasteiger partial charge in [-0.05, 0) is 164 Å². The first-order chi connectivity index (χ1) is 37.3. The van der Waals surface area contributed by atoms with Crippen LogP contribution in [0.3, 0.4) is 0 Å². The summed E-state index contributed by atoms with van der Waals surface area (Å²) in [5.41, 5.74) is 13.7. The van der Waals surface area contributed by atoms with Gasteiger partial charge in [-0.25, -0.2) is 4.98 Å². The van der Waals surface area contributed by atoms with Crippen LogP contribution < -0.4 is 14.5 Å². The summed E-state index contributed by atoms with van der Waals surface area (Å²) in [6.45, 7) is 23.9. The van der Waals surface area contributed by atoms with E-state index >= 15 is 0 Å². The molecule has 0 amide bonds. The lowest BCUT2D eigenvalue weighted by Gasteiger charge is -2.30. The maximum atomic E-state index is 8.88. The van der Waals surface area contributed by atoms with E-state index in [2.05, 4.69) is 176 Å². The summed E-state index contributed by atoms with van der Waals surface area (Å²) >= 11 is 0. The second-order valence-electron chi connectivity index (χ2n) is 24.4. The average molecular weight is 981 g/mol. The molecule has 376 valence electrons. The largest absolute Gasteiger partial charge is 0.457 e. The number of aromatic nitrogens is 2. The summed E-state index contributed by atoms with van der Waals surface area (Å²) in [5, 5.41) is 2.02. The molecule has 1 aliphatic rings. The minimum Gasteiger partial charge on any atom is -0.457 e. The van der Waals surface area contributed by atoms with Gasteiger partial charge < -0.3 is 14.5 Å². The molecule has 0 radical (unpaired) electrons. The molecule has 7 aromatic carbocycles. The number of anilines is 2. The lowest BCUT2D eigenvalue weighted by Crippen LogP contribution is -2.27. The number of fused-ring (bicyclic) bond motifs is 3. The monoisotopic (exact) mass is 981 g/mol. The number of aryl methyl sites for hydroxylation is 3. The minimum absolute atomic E-state index is 0.100. The van der Waals surface area contributed by atoms with E-state index in [4.69, 9.17) is 17.9 Å². The van der Waals surface area contributed by atoms with Crippen LogP contribution in [-0.2, 0) is 21.7 Å². The maximum Gasteiger partial charge on any atom is 0.138 e. The lowest BCUT2D eigenvalue weighted by atomic mass is 9.80. The third-order valence-electron chi connectivity index (χ3n) is 14.7. The number of hydrogen-bond donors (Lipinski definition) is 0. The Balaban J connectivity index is 1.14. The van der Waals surface area contributed by atoms with Crippen molar-refractivity contribution in [1.82, 2.24) is 9.55 Å². The standard InChI is InChI=1S/C69H74N4O/c1-44-31-50(66(4,5)6)25-27-58(44)49-34-54(71-42-63(47-21-17-16-18-22-47)72(43-71)55-38-52(68(10,11)12)37-53(39-55)69(13,14)15)40-57(35-49)74-56-26-28-60-59-23-19-20-24-61(59)73(62(60)41-56)64-36-48(29-30-70-64)65-45(2)32-51(33-46(65)3)67(7,8)9/h16-42H,43H2,1-15H3/i1D3,2D3. The molecule has 0 unspecified atom stereocenters. The van der Waals surface area contributed by atoms with E-state index < -0.39 is 13.7 Å². The van der Waals surface area contributed by atoms with E-state index in [9.17, 15) is 0 Å². The smallest absolute Gasteiger partial charge is 0.138 e. The van der Waals surface area contributed by atoms with Gasteiger partial charge in [0.25, 0.3) is 0 Å². The Kier molecular flexibility index (Phi) is 10.8. The molecule has 3 heterocycles. The summed E-state index contributed by atoms with van der Waals surface area (Å²) in [4.78, 5) is 9.57. The van der Waals surface area contributed by atoms with E-state index in [0.29, 0.717) is 46.2 Å². The first-order valence-corrected chi connectivity index (χ1v) is 25.9. The second kappa shape index (κ2) is 18.5. The average Bonchev–Trinajstić information content (AvgIpc) is 3.97. The highest BCUT2D eigenvalue weighted by Crippen LogP contribution is 2.43. The van der Waals surface area contributed by atoms with Crippen molar-refractivity contribution in [3.8, 4) is 39.6 Å². The number of ether oxygens (including phenoxy) is 1. The highest BCUT2D eigenvalue weighted by Gasteiger charge is 2.29. The van der Waals surface area contributed by atoms with Crippen molar-refractivity contribution >= 4 is 38.9 Å². The maximum absolute atomic E-state index is 8.88. The molecule has 0 bridgehead atoms. The van der Waals surface area contributed by atoms with Crippen LogP contribution in [0.2, 0.25) is 0 Å². The Hall–Kier alpha value is -7.37. The quantitative estimate of drug-likeness (QED) is 0.152. The van der Waals surface area contributed by atoms with Gasteiger partial charge in [-0.1, -0.05) is 168 Å². The molecule has 0 fully saturated rings. The molecule has 9 aromatic rings. The predicted octanol–water partition coefficient (Wildman–Crippen LogP) is 18.7. The molecule has 0 saturated heterocycles. The van der Waals surface area contributed by atoms with Gasteiger partial charge >= 0.3 is 0 Å². The Bertz CT molecular complexity index is 3840. The normalized spacial score (nSPS) is 15.1. The highest BCUT2D eigenvalue weighted by molar-refractivity contribution is 6.09. The van der Waals surface area contributed by atoms with Gasteiger partial charge in [-0.3, -0.25) is 4.57 Å². The zero-order valence-corrected chi connectivity index (χ0v) is 45.5. The number of benzene rings is 7. The van der Waals surface area contributed by atoms with Crippen molar-refractivity contribution in [3.63, 3.8) is 0 Å². The first kappa shape index (κ1) is 43.1. The fourth-order valence-electron chi connectivity index (χ4n) is 10.3. The Morgan fingerprint density at radius 3 is 1.81 bits per heavy atom. The van der Waals surface area contributed by atoms with Crippen LogP contribution in [0, 0.1) is 20.6 Å². The molecule has 10 rings (SSSR count). The number of para-hydroxylation sites is 1. The molecule has 5 nitrogen and oxygen atoms in total. The van der Waals surface area contributed by atoms with Gasteiger partial charge in [0.05, 0.1) is 23.4 Å². The predicted molar refractivity (Wildman–Crippen MR) is 316 cm³/mol. The molecule has 0 aliphatic carbocycles. The van der Waals surface area contributed by atoms with Crippen LogP contribution in [0.5, 0.6) is 11.5 Å². The van der Waals surface area contributed by atoms with Crippen molar-refractivity contribution in [2.75, 3.05) is 16.5 Å². The van der Waals surface area contributed by atoms with E-state index in [1.165, 1.54) is 11.1 Å². The molecule has 0 saturated carbocycles. The summed E-state index contributed by atoms with van der Waals surface area (Å²) < 4.78 is 61.9. The third kappa shape index (κ3) is 9.77. The zero-order valence-electron chi connectivity index (χ0n) is 51.5. The van der Waals surface area contributed by atoms with Crippen molar-refractivity contribution in [3.05, 3.63) is 209 Å². The molecule has 0 atom stereocenters. The van der Waals surface area contributed by atoms with Crippen LogP contribution in [0.1, 0.15) is 136 Å².